The quantitative estimate of drug-likeness (QED) is 0.341. The molecule has 0 N–H and O–H groups in total. The van der Waals surface area contributed by atoms with Crippen molar-refractivity contribution >= 4 is 24.3 Å². The number of hydrogen-bond donors (Lipinski definition) is 0. The summed E-state index contributed by atoms with van der Waals surface area (Å²) in [5.74, 6) is 3.63. The van der Waals surface area contributed by atoms with Crippen LogP contribution in [0, 0.1) is 0 Å². The van der Waals surface area contributed by atoms with Crippen LogP contribution in [0.15, 0.2) is 48.5 Å². The van der Waals surface area contributed by atoms with E-state index in [1.165, 1.54) is 0 Å². The Labute approximate surface area is 200 Å². The van der Waals surface area contributed by atoms with E-state index in [2.05, 4.69) is 24.3 Å². The molecule has 0 aliphatic heterocycles. The van der Waals surface area contributed by atoms with Gasteiger partial charge in [-0.1, -0.05) is 48.6 Å². The van der Waals surface area contributed by atoms with Crippen molar-refractivity contribution in [3.05, 3.63) is 70.8 Å². The molecule has 3 aromatic carbocycles. The normalized spacial score (nSPS) is 11.0. The summed E-state index contributed by atoms with van der Waals surface area (Å²) in [6.07, 6.45) is 8.08. The molecule has 0 aliphatic carbocycles. The minimum atomic E-state index is 0.574. The van der Waals surface area contributed by atoms with Crippen molar-refractivity contribution in [1.29, 1.82) is 0 Å². The maximum Gasteiger partial charge on any atom is 0.203 e. The molecule has 0 bridgehead atoms. The molecule has 0 radical (unpaired) electrons. The fourth-order valence-corrected chi connectivity index (χ4v) is 3.50. The molecule has 0 spiro atoms. The molecule has 6 heteroatoms. The Kier molecular flexibility index (Phi) is 8.46. The smallest absolute Gasteiger partial charge is 0.203 e. The lowest BCUT2D eigenvalue weighted by Gasteiger charge is -2.12. The second-order valence-corrected chi connectivity index (χ2v) is 7.25. The highest BCUT2D eigenvalue weighted by molar-refractivity contribution is 5.75. The summed E-state index contributed by atoms with van der Waals surface area (Å²) in [5, 5.41) is 0. The van der Waals surface area contributed by atoms with Crippen molar-refractivity contribution in [2.45, 2.75) is 0 Å². The summed E-state index contributed by atoms with van der Waals surface area (Å²) >= 11 is 0. The molecule has 34 heavy (non-hydrogen) atoms. The van der Waals surface area contributed by atoms with Crippen LogP contribution in [0.5, 0.6) is 34.5 Å². The lowest BCUT2D eigenvalue weighted by atomic mass is 10.1. The van der Waals surface area contributed by atoms with Crippen LogP contribution < -0.4 is 28.4 Å². The molecule has 0 saturated carbocycles. The maximum absolute atomic E-state index is 5.42. The Hall–Kier alpha value is -4.06. The van der Waals surface area contributed by atoms with Gasteiger partial charge in [0, 0.05) is 0 Å². The van der Waals surface area contributed by atoms with Crippen LogP contribution in [0.2, 0.25) is 0 Å². The van der Waals surface area contributed by atoms with Crippen LogP contribution in [-0.4, -0.2) is 42.7 Å². The maximum atomic E-state index is 5.42. The van der Waals surface area contributed by atoms with Gasteiger partial charge in [-0.3, -0.25) is 0 Å². The van der Waals surface area contributed by atoms with Crippen LogP contribution in [0.4, 0.5) is 0 Å². The largest absolute Gasteiger partial charge is 0.493 e. The predicted octanol–water partition coefficient (Wildman–Crippen LogP) is 6.08. The Balaban J connectivity index is 1.77. The summed E-state index contributed by atoms with van der Waals surface area (Å²) < 4.78 is 32.5. The third-order valence-corrected chi connectivity index (χ3v) is 5.25. The third-order valence-electron chi connectivity index (χ3n) is 5.25. The molecule has 0 saturated heterocycles. The van der Waals surface area contributed by atoms with E-state index in [-0.39, 0.29) is 0 Å². The van der Waals surface area contributed by atoms with Gasteiger partial charge in [0.2, 0.25) is 11.5 Å². The lowest BCUT2D eigenvalue weighted by molar-refractivity contribution is 0.324. The molecule has 3 rings (SSSR count). The molecule has 0 amide bonds. The van der Waals surface area contributed by atoms with Crippen molar-refractivity contribution in [3.63, 3.8) is 0 Å². The minimum absolute atomic E-state index is 0.574. The van der Waals surface area contributed by atoms with Gasteiger partial charge in [-0.25, -0.2) is 0 Å². The fourth-order valence-electron chi connectivity index (χ4n) is 3.50. The van der Waals surface area contributed by atoms with Crippen molar-refractivity contribution in [1.82, 2.24) is 0 Å². The van der Waals surface area contributed by atoms with Crippen molar-refractivity contribution < 1.29 is 28.4 Å². The average Bonchev–Trinajstić information content (AvgIpc) is 2.89. The first kappa shape index (κ1) is 24.6. The van der Waals surface area contributed by atoms with Crippen LogP contribution in [0.3, 0.4) is 0 Å². The predicted molar refractivity (Wildman–Crippen MR) is 136 cm³/mol. The average molecular weight is 463 g/mol. The van der Waals surface area contributed by atoms with Gasteiger partial charge in [0.15, 0.2) is 23.0 Å². The van der Waals surface area contributed by atoms with E-state index in [1.807, 2.05) is 48.6 Å². The van der Waals surface area contributed by atoms with Gasteiger partial charge >= 0.3 is 0 Å². The second kappa shape index (κ2) is 11.7. The molecule has 0 fully saturated rings. The second-order valence-electron chi connectivity index (χ2n) is 7.25. The Morgan fingerprint density at radius 2 is 0.647 bits per heavy atom. The Morgan fingerprint density at radius 1 is 0.382 bits per heavy atom. The number of methoxy groups -OCH3 is 6. The summed E-state index contributed by atoms with van der Waals surface area (Å²) in [4.78, 5) is 0. The minimum Gasteiger partial charge on any atom is -0.493 e. The molecule has 3 aromatic rings. The Bertz CT molecular complexity index is 1020. The molecule has 0 aromatic heterocycles. The van der Waals surface area contributed by atoms with E-state index < -0.39 is 0 Å². The van der Waals surface area contributed by atoms with Gasteiger partial charge in [0.25, 0.3) is 0 Å². The van der Waals surface area contributed by atoms with Gasteiger partial charge in [-0.15, -0.1) is 0 Å². The molecule has 0 atom stereocenters. The third kappa shape index (κ3) is 5.64. The van der Waals surface area contributed by atoms with Crippen LogP contribution >= 0.6 is 0 Å². The number of hydrogen-bond acceptors (Lipinski definition) is 6. The van der Waals surface area contributed by atoms with Gasteiger partial charge in [0.05, 0.1) is 42.7 Å². The number of ether oxygens (including phenoxy) is 6. The highest BCUT2D eigenvalue weighted by Crippen LogP contribution is 2.39. The molecule has 178 valence electrons. The van der Waals surface area contributed by atoms with Crippen molar-refractivity contribution in [2.24, 2.45) is 0 Å². The molecule has 0 heterocycles. The topological polar surface area (TPSA) is 55.4 Å². The zero-order chi connectivity index (χ0) is 24.5. The van der Waals surface area contributed by atoms with Crippen LogP contribution in [0.25, 0.3) is 24.3 Å². The monoisotopic (exact) mass is 462 g/mol. The number of benzene rings is 3. The van der Waals surface area contributed by atoms with E-state index in [4.69, 9.17) is 28.4 Å². The van der Waals surface area contributed by atoms with Crippen molar-refractivity contribution in [3.8, 4) is 34.5 Å². The first-order valence-electron chi connectivity index (χ1n) is 10.6. The zero-order valence-electron chi connectivity index (χ0n) is 20.4. The molecular formula is C28H30O6. The summed E-state index contributed by atoms with van der Waals surface area (Å²) in [5.41, 5.74) is 4.03. The van der Waals surface area contributed by atoms with E-state index >= 15 is 0 Å². The van der Waals surface area contributed by atoms with Crippen LogP contribution in [-0.2, 0) is 0 Å². The molecule has 0 aliphatic rings. The van der Waals surface area contributed by atoms with Crippen LogP contribution in [0.1, 0.15) is 22.3 Å². The van der Waals surface area contributed by atoms with E-state index in [0.29, 0.717) is 34.5 Å². The van der Waals surface area contributed by atoms with Gasteiger partial charge < -0.3 is 28.4 Å². The summed E-state index contributed by atoms with van der Waals surface area (Å²) in [6.45, 7) is 0. The first-order chi connectivity index (χ1) is 16.6. The van der Waals surface area contributed by atoms with Gasteiger partial charge in [0.1, 0.15) is 0 Å². The molecule has 6 nitrogen and oxygen atoms in total. The van der Waals surface area contributed by atoms with Gasteiger partial charge in [-0.05, 0) is 46.5 Å². The standard InChI is InChI=1S/C28H30O6/c1-29-23-15-21(16-24(30-2)27(23)33-5)13-11-19-7-9-20(10-8-19)12-14-22-17-25(31-3)28(34-6)26(18-22)32-4/h7-18H,1-6H3/b13-11-,14-12+. The zero-order valence-corrected chi connectivity index (χ0v) is 20.4. The summed E-state index contributed by atoms with van der Waals surface area (Å²) in [6, 6.07) is 15.9. The SMILES string of the molecule is COc1cc(/C=C\c2ccc(/C=C/c3cc(OC)c(OC)c(OC)c3)cc2)cc(OC)c1OC. The number of rotatable bonds is 10. The Morgan fingerprint density at radius 3 is 0.882 bits per heavy atom. The van der Waals surface area contributed by atoms with Gasteiger partial charge in [-0.2, -0.15) is 0 Å². The van der Waals surface area contributed by atoms with Crippen molar-refractivity contribution in [2.75, 3.05) is 42.7 Å². The van der Waals surface area contributed by atoms with E-state index in [1.54, 1.807) is 42.7 Å². The van der Waals surface area contributed by atoms with E-state index in [9.17, 15) is 0 Å². The first-order valence-corrected chi connectivity index (χ1v) is 10.6. The molecular weight excluding hydrogens is 432 g/mol. The summed E-state index contributed by atoms with van der Waals surface area (Å²) in [7, 11) is 9.61. The highest BCUT2D eigenvalue weighted by atomic mass is 16.5. The highest BCUT2D eigenvalue weighted by Gasteiger charge is 2.13. The lowest BCUT2D eigenvalue weighted by Crippen LogP contribution is -1.95. The molecule has 0 unspecified atom stereocenters. The van der Waals surface area contributed by atoms with E-state index in [0.717, 1.165) is 22.3 Å². The fraction of sp³-hybridized carbons (Fsp3) is 0.214.